The van der Waals surface area contributed by atoms with Crippen molar-refractivity contribution in [3.63, 3.8) is 0 Å². The van der Waals surface area contributed by atoms with Crippen LogP contribution in [0.1, 0.15) is 27.2 Å². The van der Waals surface area contributed by atoms with Crippen LogP contribution in [-0.2, 0) is 4.74 Å². The summed E-state index contributed by atoms with van der Waals surface area (Å²) in [5.41, 5.74) is 0. The standard InChI is InChI=1S/C10H21F2NO/c1-4-5-13-7-10(11,12)8-14-6-9(2)3/h9,13H,4-8H2,1-3H3. The molecule has 0 aromatic rings. The topological polar surface area (TPSA) is 21.3 Å². The Morgan fingerprint density at radius 2 is 2.00 bits per heavy atom. The largest absolute Gasteiger partial charge is 0.375 e. The molecular formula is C10H21F2NO. The highest BCUT2D eigenvalue weighted by Crippen LogP contribution is 2.12. The molecule has 0 bridgehead atoms. The third-order valence-electron chi connectivity index (χ3n) is 1.57. The van der Waals surface area contributed by atoms with Crippen LogP contribution in [0.5, 0.6) is 0 Å². The molecule has 0 aliphatic rings. The second-order valence-corrected chi connectivity index (χ2v) is 3.94. The summed E-state index contributed by atoms with van der Waals surface area (Å²) >= 11 is 0. The summed E-state index contributed by atoms with van der Waals surface area (Å²) in [6.45, 7) is 6.06. The van der Waals surface area contributed by atoms with Gasteiger partial charge in [-0.3, -0.25) is 0 Å². The van der Waals surface area contributed by atoms with Crippen molar-refractivity contribution >= 4 is 0 Å². The molecule has 0 unspecified atom stereocenters. The zero-order chi connectivity index (χ0) is 11.0. The molecule has 0 heterocycles. The monoisotopic (exact) mass is 209 g/mol. The van der Waals surface area contributed by atoms with Crippen molar-refractivity contribution in [3.8, 4) is 0 Å². The van der Waals surface area contributed by atoms with Crippen molar-refractivity contribution in [2.45, 2.75) is 33.1 Å². The van der Waals surface area contributed by atoms with Crippen molar-refractivity contribution in [2.75, 3.05) is 26.3 Å². The Morgan fingerprint density at radius 3 is 2.50 bits per heavy atom. The van der Waals surface area contributed by atoms with E-state index in [1.54, 1.807) is 0 Å². The summed E-state index contributed by atoms with van der Waals surface area (Å²) in [7, 11) is 0. The van der Waals surface area contributed by atoms with Gasteiger partial charge in [-0.05, 0) is 18.9 Å². The van der Waals surface area contributed by atoms with Crippen LogP contribution in [0.4, 0.5) is 8.78 Å². The van der Waals surface area contributed by atoms with E-state index in [9.17, 15) is 8.78 Å². The van der Waals surface area contributed by atoms with Gasteiger partial charge in [0.25, 0.3) is 5.92 Å². The summed E-state index contributed by atoms with van der Waals surface area (Å²) in [5.74, 6) is -2.45. The van der Waals surface area contributed by atoms with Crippen LogP contribution in [-0.4, -0.2) is 32.2 Å². The molecular weight excluding hydrogens is 188 g/mol. The molecule has 0 rings (SSSR count). The van der Waals surface area contributed by atoms with Gasteiger partial charge in [0, 0.05) is 6.61 Å². The van der Waals surface area contributed by atoms with Gasteiger partial charge < -0.3 is 10.1 Å². The molecule has 0 amide bonds. The van der Waals surface area contributed by atoms with Gasteiger partial charge in [0.2, 0.25) is 0 Å². The van der Waals surface area contributed by atoms with Crippen LogP contribution >= 0.6 is 0 Å². The van der Waals surface area contributed by atoms with Gasteiger partial charge in [0.05, 0.1) is 6.54 Å². The first-order valence-electron chi connectivity index (χ1n) is 5.14. The Balaban J connectivity index is 3.50. The fraction of sp³-hybridized carbons (Fsp3) is 1.00. The van der Waals surface area contributed by atoms with E-state index in [1.165, 1.54) is 0 Å². The minimum Gasteiger partial charge on any atom is -0.375 e. The van der Waals surface area contributed by atoms with Gasteiger partial charge in [-0.25, -0.2) is 8.78 Å². The molecule has 0 radical (unpaired) electrons. The fourth-order valence-corrected chi connectivity index (χ4v) is 0.943. The van der Waals surface area contributed by atoms with E-state index in [2.05, 4.69) is 5.32 Å². The van der Waals surface area contributed by atoms with Crippen molar-refractivity contribution in [1.82, 2.24) is 5.32 Å². The van der Waals surface area contributed by atoms with E-state index in [0.717, 1.165) is 6.42 Å². The molecule has 0 atom stereocenters. The van der Waals surface area contributed by atoms with E-state index in [1.807, 2.05) is 20.8 Å². The van der Waals surface area contributed by atoms with Gasteiger partial charge >= 0.3 is 0 Å². The lowest BCUT2D eigenvalue weighted by atomic mass is 10.2. The zero-order valence-electron chi connectivity index (χ0n) is 9.28. The van der Waals surface area contributed by atoms with Crippen molar-refractivity contribution in [3.05, 3.63) is 0 Å². The van der Waals surface area contributed by atoms with Crippen LogP contribution in [0.2, 0.25) is 0 Å². The molecule has 0 aromatic heterocycles. The first-order valence-corrected chi connectivity index (χ1v) is 5.14. The Morgan fingerprint density at radius 1 is 1.36 bits per heavy atom. The highest BCUT2D eigenvalue weighted by molar-refractivity contribution is 4.68. The van der Waals surface area contributed by atoms with E-state index in [4.69, 9.17) is 4.74 Å². The van der Waals surface area contributed by atoms with Crippen LogP contribution in [0.15, 0.2) is 0 Å². The maximum atomic E-state index is 13.0. The van der Waals surface area contributed by atoms with E-state index in [0.29, 0.717) is 19.1 Å². The number of alkyl halides is 2. The average Bonchev–Trinajstić information content (AvgIpc) is 2.03. The third-order valence-corrected chi connectivity index (χ3v) is 1.57. The number of halogens is 2. The van der Waals surface area contributed by atoms with E-state index in [-0.39, 0.29) is 6.54 Å². The highest BCUT2D eigenvalue weighted by Gasteiger charge is 2.28. The van der Waals surface area contributed by atoms with Crippen LogP contribution in [0, 0.1) is 5.92 Å². The first-order chi connectivity index (χ1) is 6.48. The normalized spacial score (nSPS) is 12.4. The molecule has 14 heavy (non-hydrogen) atoms. The molecule has 0 saturated heterocycles. The van der Waals surface area contributed by atoms with Gasteiger partial charge in [-0.15, -0.1) is 0 Å². The van der Waals surface area contributed by atoms with Crippen molar-refractivity contribution < 1.29 is 13.5 Å². The van der Waals surface area contributed by atoms with Crippen molar-refractivity contribution in [1.29, 1.82) is 0 Å². The fourth-order valence-electron chi connectivity index (χ4n) is 0.943. The summed E-state index contributed by atoms with van der Waals surface area (Å²) in [4.78, 5) is 0. The minimum atomic E-state index is -2.75. The smallest absolute Gasteiger partial charge is 0.283 e. The lowest BCUT2D eigenvalue weighted by molar-refractivity contribution is -0.0789. The quantitative estimate of drug-likeness (QED) is 0.619. The Kier molecular flexibility index (Phi) is 7.01. The Hall–Kier alpha value is -0.220. The number of nitrogens with one attached hydrogen (secondary N) is 1. The van der Waals surface area contributed by atoms with Gasteiger partial charge in [0.1, 0.15) is 6.61 Å². The second-order valence-electron chi connectivity index (χ2n) is 3.94. The van der Waals surface area contributed by atoms with Gasteiger partial charge in [0.15, 0.2) is 0 Å². The molecule has 0 aliphatic heterocycles. The summed E-state index contributed by atoms with van der Waals surface area (Å²) in [6, 6.07) is 0. The highest BCUT2D eigenvalue weighted by atomic mass is 19.3. The molecule has 1 N–H and O–H groups in total. The van der Waals surface area contributed by atoms with E-state index >= 15 is 0 Å². The third kappa shape index (κ3) is 8.38. The molecule has 0 aromatic carbocycles. The van der Waals surface area contributed by atoms with Gasteiger partial charge in [-0.2, -0.15) is 0 Å². The van der Waals surface area contributed by atoms with Crippen LogP contribution in [0.3, 0.4) is 0 Å². The Bertz CT molecular complexity index is 140. The number of ether oxygens (including phenoxy) is 1. The zero-order valence-corrected chi connectivity index (χ0v) is 9.28. The maximum absolute atomic E-state index is 13.0. The molecule has 0 spiro atoms. The lowest BCUT2D eigenvalue weighted by Gasteiger charge is -2.17. The second kappa shape index (κ2) is 7.12. The van der Waals surface area contributed by atoms with Crippen LogP contribution in [0.25, 0.3) is 0 Å². The predicted molar refractivity (Wildman–Crippen MR) is 53.8 cm³/mol. The first kappa shape index (κ1) is 13.8. The minimum absolute atomic E-state index is 0.293. The molecule has 2 nitrogen and oxygen atoms in total. The number of hydrogen-bond donors (Lipinski definition) is 1. The van der Waals surface area contributed by atoms with Gasteiger partial charge in [-0.1, -0.05) is 20.8 Å². The van der Waals surface area contributed by atoms with Crippen LogP contribution < -0.4 is 5.32 Å². The Labute approximate surface area is 85.0 Å². The average molecular weight is 209 g/mol. The maximum Gasteiger partial charge on any atom is 0.283 e. The molecule has 86 valence electrons. The van der Waals surface area contributed by atoms with E-state index < -0.39 is 12.5 Å². The lowest BCUT2D eigenvalue weighted by Crippen LogP contribution is -2.37. The molecule has 4 heteroatoms. The summed E-state index contributed by atoms with van der Waals surface area (Å²) in [6.07, 6.45) is 0.864. The summed E-state index contributed by atoms with van der Waals surface area (Å²) in [5, 5.41) is 2.68. The summed E-state index contributed by atoms with van der Waals surface area (Å²) < 4.78 is 30.9. The SMILES string of the molecule is CCCNCC(F)(F)COCC(C)C. The predicted octanol–water partition coefficient (Wildman–Crippen LogP) is 2.29. The molecule has 0 fully saturated rings. The molecule has 0 saturated carbocycles. The number of hydrogen-bond acceptors (Lipinski definition) is 2. The molecule has 0 aliphatic carbocycles. The number of rotatable bonds is 8. The van der Waals surface area contributed by atoms with Crippen molar-refractivity contribution in [2.24, 2.45) is 5.92 Å².